The van der Waals surface area contributed by atoms with E-state index < -0.39 is 0 Å². The van der Waals surface area contributed by atoms with Gasteiger partial charge in [-0.1, -0.05) is 24.3 Å². The second kappa shape index (κ2) is 11.3. The third kappa shape index (κ3) is 8.42. The predicted molar refractivity (Wildman–Crippen MR) is 100 cm³/mol. The zero-order chi connectivity index (χ0) is 17.7. The molecule has 0 radical (unpaired) electrons. The monoisotopic (exact) mass is 344 g/mol. The fourth-order valence-corrected chi connectivity index (χ4v) is 2.86. The summed E-state index contributed by atoms with van der Waals surface area (Å²) in [6.07, 6.45) is 19.6. The van der Waals surface area contributed by atoms with Crippen molar-refractivity contribution in [2.24, 2.45) is 22.0 Å². The average molecular weight is 344 g/mol. The van der Waals surface area contributed by atoms with Crippen LogP contribution in [0, 0.1) is 11.8 Å². The lowest BCUT2D eigenvalue weighted by Crippen LogP contribution is -2.21. The molecule has 0 unspecified atom stereocenters. The van der Waals surface area contributed by atoms with Crippen LogP contribution in [0.25, 0.3) is 0 Å². The molecule has 25 heavy (non-hydrogen) atoms. The molecular formula is C19H28N4O2. The van der Waals surface area contributed by atoms with Crippen LogP contribution in [0.5, 0.6) is 0 Å². The van der Waals surface area contributed by atoms with Gasteiger partial charge in [0.05, 0.1) is 0 Å². The van der Waals surface area contributed by atoms with Crippen LogP contribution in [0.4, 0.5) is 0 Å². The maximum atomic E-state index is 11.7. The van der Waals surface area contributed by atoms with Crippen LogP contribution in [-0.2, 0) is 9.59 Å². The lowest BCUT2D eigenvalue weighted by molar-refractivity contribution is -0.122. The molecule has 0 aliphatic heterocycles. The van der Waals surface area contributed by atoms with Crippen molar-refractivity contribution in [1.29, 1.82) is 0 Å². The van der Waals surface area contributed by atoms with E-state index in [0.29, 0.717) is 18.3 Å². The molecule has 2 amide bonds. The molecule has 0 saturated heterocycles. The van der Waals surface area contributed by atoms with E-state index >= 15 is 0 Å². The highest BCUT2D eigenvalue weighted by Gasteiger charge is 2.08. The highest BCUT2D eigenvalue weighted by atomic mass is 16.2. The fraction of sp³-hybridized carbons (Fsp3) is 0.579. The van der Waals surface area contributed by atoms with Crippen molar-refractivity contribution in [3.63, 3.8) is 0 Å². The maximum Gasteiger partial charge on any atom is 0.240 e. The molecule has 6 heteroatoms. The molecule has 2 aliphatic carbocycles. The summed E-state index contributed by atoms with van der Waals surface area (Å²) in [5.41, 5.74) is 5.06. The third-order valence-corrected chi connectivity index (χ3v) is 4.38. The van der Waals surface area contributed by atoms with Crippen molar-refractivity contribution in [3.8, 4) is 0 Å². The maximum absolute atomic E-state index is 11.7. The Morgan fingerprint density at radius 3 is 1.72 bits per heavy atom. The molecule has 2 atom stereocenters. The Balaban J connectivity index is 1.52. The number of hydrogen-bond acceptors (Lipinski definition) is 4. The lowest BCUT2D eigenvalue weighted by Gasteiger charge is -2.11. The van der Waals surface area contributed by atoms with Crippen LogP contribution in [0.3, 0.4) is 0 Å². The van der Waals surface area contributed by atoms with E-state index in [1.165, 1.54) is 0 Å². The first-order valence-electron chi connectivity index (χ1n) is 9.18. The predicted octanol–water partition coefficient (Wildman–Crippen LogP) is 3.07. The van der Waals surface area contributed by atoms with Crippen LogP contribution < -0.4 is 10.9 Å². The van der Waals surface area contributed by atoms with Gasteiger partial charge in [-0.2, -0.15) is 10.2 Å². The topological polar surface area (TPSA) is 82.9 Å². The molecule has 136 valence electrons. The number of rotatable bonds is 8. The summed E-state index contributed by atoms with van der Waals surface area (Å²) in [5, 5.41) is 8.01. The zero-order valence-electron chi connectivity index (χ0n) is 14.7. The number of hydrazone groups is 2. The van der Waals surface area contributed by atoms with E-state index in [-0.39, 0.29) is 24.7 Å². The summed E-state index contributed by atoms with van der Waals surface area (Å²) < 4.78 is 0. The van der Waals surface area contributed by atoms with Crippen LogP contribution in [0.2, 0.25) is 0 Å². The molecular weight excluding hydrogens is 316 g/mol. The van der Waals surface area contributed by atoms with Gasteiger partial charge in [-0.15, -0.1) is 0 Å². The van der Waals surface area contributed by atoms with Gasteiger partial charge in [0.2, 0.25) is 11.8 Å². The van der Waals surface area contributed by atoms with Gasteiger partial charge in [-0.05, 0) is 56.8 Å². The number of carbonyl (C=O) groups is 2. The Morgan fingerprint density at radius 1 is 0.840 bits per heavy atom. The number of amides is 2. The molecule has 0 aromatic carbocycles. The molecule has 0 aromatic heterocycles. The van der Waals surface area contributed by atoms with Crippen molar-refractivity contribution in [2.45, 2.75) is 57.8 Å². The molecule has 2 aliphatic rings. The summed E-state index contributed by atoms with van der Waals surface area (Å²) >= 11 is 0. The Morgan fingerprint density at radius 2 is 1.32 bits per heavy atom. The number of hydrogen-bond donors (Lipinski definition) is 2. The molecule has 0 fully saturated rings. The molecule has 2 rings (SSSR count). The second-order valence-electron chi connectivity index (χ2n) is 6.57. The Bertz CT molecular complexity index is 504. The summed E-state index contributed by atoms with van der Waals surface area (Å²) in [4.78, 5) is 23.4. The fourth-order valence-electron chi connectivity index (χ4n) is 2.86. The minimum absolute atomic E-state index is 0.159. The van der Waals surface area contributed by atoms with Crippen LogP contribution in [0.15, 0.2) is 34.5 Å². The van der Waals surface area contributed by atoms with Crippen molar-refractivity contribution < 1.29 is 9.59 Å². The largest absolute Gasteiger partial charge is 0.273 e. The van der Waals surface area contributed by atoms with Crippen molar-refractivity contribution in [2.75, 3.05) is 0 Å². The summed E-state index contributed by atoms with van der Waals surface area (Å²) in [5.74, 6) is 0.503. The Labute approximate surface area is 149 Å². The van der Waals surface area contributed by atoms with Crippen LogP contribution in [-0.4, -0.2) is 24.2 Å². The second-order valence-corrected chi connectivity index (χ2v) is 6.57. The molecule has 0 bridgehead atoms. The van der Waals surface area contributed by atoms with E-state index in [4.69, 9.17) is 0 Å². The molecule has 0 heterocycles. The SMILES string of the molecule is O=C(CCCC(=O)NN=C[C@@H]1CC=CCC1)NN=C[C@@H]1CC=CCC1. The first-order chi connectivity index (χ1) is 12.2. The lowest BCUT2D eigenvalue weighted by atomic mass is 9.96. The normalized spacial score (nSPS) is 23.2. The van der Waals surface area contributed by atoms with E-state index in [0.717, 1.165) is 38.5 Å². The van der Waals surface area contributed by atoms with Crippen molar-refractivity contribution in [3.05, 3.63) is 24.3 Å². The minimum Gasteiger partial charge on any atom is -0.273 e. The molecule has 0 saturated carbocycles. The van der Waals surface area contributed by atoms with E-state index in [2.05, 4.69) is 45.4 Å². The number of allylic oxidation sites excluding steroid dienone is 4. The zero-order valence-corrected chi connectivity index (χ0v) is 14.7. The highest BCUT2D eigenvalue weighted by molar-refractivity contribution is 5.79. The van der Waals surface area contributed by atoms with Gasteiger partial charge >= 0.3 is 0 Å². The average Bonchev–Trinajstić information content (AvgIpc) is 2.63. The van der Waals surface area contributed by atoms with Gasteiger partial charge < -0.3 is 0 Å². The first kappa shape index (κ1) is 19.1. The van der Waals surface area contributed by atoms with Gasteiger partial charge in [0, 0.05) is 25.3 Å². The molecule has 0 aromatic rings. The standard InChI is InChI=1S/C19H28N4O2/c24-18(22-20-14-16-8-3-1-4-9-16)12-7-13-19(25)23-21-15-17-10-5-2-6-11-17/h1-3,5,14-17H,4,6-13H2,(H,22,24)(H,23,25)/t16-,17-/m1/s1. The molecule has 0 spiro atoms. The Hall–Kier alpha value is -2.24. The van der Waals surface area contributed by atoms with E-state index in [1.807, 2.05) is 12.4 Å². The van der Waals surface area contributed by atoms with Gasteiger partial charge in [0.25, 0.3) is 0 Å². The summed E-state index contributed by atoms with van der Waals surface area (Å²) in [7, 11) is 0. The van der Waals surface area contributed by atoms with E-state index in [1.54, 1.807) is 0 Å². The smallest absolute Gasteiger partial charge is 0.240 e. The van der Waals surface area contributed by atoms with Gasteiger partial charge in [-0.3, -0.25) is 9.59 Å². The van der Waals surface area contributed by atoms with Gasteiger partial charge in [0.1, 0.15) is 0 Å². The molecule has 6 nitrogen and oxygen atoms in total. The summed E-state index contributed by atoms with van der Waals surface area (Å²) in [6, 6.07) is 0. The third-order valence-electron chi connectivity index (χ3n) is 4.38. The quantitative estimate of drug-likeness (QED) is 0.403. The Kier molecular flexibility index (Phi) is 8.66. The van der Waals surface area contributed by atoms with Crippen LogP contribution in [0.1, 0.15) is 57.8 Å². The summed E-state index contributed by atoms with van der Waals surface area (Å²) in [6.45, 7) is 0. The first-order valence-corrected chi connectivity index (χ1v) is 9.18. The van der Waals surface area contributed by atoms with Crippen molar-refractivity contribution in [1.82, 2.24) is 10.9 Å². The van der Waals surface area contributed by atoms with Gasteiger partial charge in [-0.25, -0.2) is 10.9 Å². The van der Waals surface area contributed by atoms with Crippen molar-refractivity contribution >= 4 is 24.2 Å². The number of nitrogens with one attached hydrogen (secondary N) is 2. The van der Waals surface area contributed by atoms with E-state index in [9.17, 15) is 9.59 Å². The number of carbonyl (C=O) groups excluding carboxylic acids is 2. The molecule has 2 N–H and O–H groups in total. The highest BCUT2D eigenvalue weighted by Crippen LogP contribution is 2.16. The van der Waals surface area contributed by atoms with Crippen LogP contribution >= 0.6 is 0 Å². The minimum atomic E-state index is -0.159. The number of nitrogens with zero attached hydrogens (tertiary/aromatic N) is 2. The van der Waals surface area contributed by atoms with Gasteiger partial charge in [0.15, 0.2) is 0 Å².